The number of rotatable bonds is 5. The van der Waals surface area contributed by atoms with Gasteiger partial charge in [-0.2, -0.15) is 0 Å². The minimum absolute atomic E-state index is 0.0430. The van der Waals surface area contributed by atoms with Crippen molar-refractivity contribution < 1.29 is 9.59 Å². The third-order valence-electron chi connectivity index (χ3n) is 5.39. The molecule has 136 valence electrons. The highest BCUT2D eigenvalue weighted by atomic mass is 16.2. The summed E-state index contributed by atoms with van der Waals surface area (Å²) in [6.45, 7) is 7.96. The molecule has 2 aliphatic rings. The number of anilines is 1. The second-order valence-electron chi connectivity index (χ2n) is 7.74. The molecule has 0 aliphatic carbocycles. The fraction of sp³-hybridized carbons (Fsp3) is 0.600. The quantitative estimate of drug-likeness (QED) is 0.894. The maximum Gasteiger partial charge on any atom is 0.251 e. The van der Waals surface area contributed by atoms with Crippen LogP contribution in [-0.4, -0.2) is 48.4 Å². The van der Waals surface area contributed by atoms with Crippen molar-refractivity contribution in [2.24, 2.45) is 0 Å². The smallest absolute Gasteiger partial charge is 0.251 e. The van der Waals surface area contributed by atoms with Gasteiger partial charge in [0, 0.05) is 36.3 Å². The van der Waals surface area contributed by atoms with Gasteiger partial charge in [-0.1, -0.05) is 12.5 Å². The molecule has 2 amide bonds. The van der Waals surface area contributed by atoms with E-state index in [1.54, 1.807) is 4.90 Å². The second kappa shape index (κ2) is 7.56. The molecule has 2 aliphatic heterocycles. The maximum absolute atomic E-state index is 12.6. The van der Waals surface area contributed by atoms with Crippen LogP contribution in [0.4, 0.5) is 5.69 Å². The first-order valence-electron chi connectivity index (χ1n) is 9.41. The zero-order valence-electron chi connectivity index (χ0n) is 15.4. The van der Waals surface area contributed by atoms with Crippen molar-refractivity contribution in [3.8, 4) is 0 Å². The maximum atomic E-state index is 12.6. The number of hydrogen-bond acceptors (Lipinski definition) is 3. The molecule has 0 radical (unpaired) electrons. The van der Waals surface area contributed by atoms with Crippen molar-refractivity contribution >= 4 is 17.5 Å². The van der Waals surface area contributed by atoms with Crippen LogP contribution in [-0.2, 0) is 4.79 Å². The Kier molecular flexibility index (Phi) is 5.42. The lowest BCUT2D eigenvalue weighted by Gasteiger charge is -2.41. The summed E-state index contributed by atoms with van der Waals surface area (Å²) in [7, 11) is 0. The van der Waals surface area contributed by atoms with Crippen molar-refractivity contribution in [1.29, 1.82) is 0 Å². The number of benzene rings is 1. The van der Waals surface area contributed by atoms with Crippen LogP contribution in [0.15, 0.2) is 24.3 Å². The van der Waals surface area contributed by atoms with Crippen molar-refractivity contribution in [3.63, 3.8) is 0 Å². The Morgan fingerprint density at radius 3 is 2.56 bits per heavy atom. The number of nitrogens with zero attached hydrogens (tertiary/aromatic N) is 2. The van der Waals surface area contributed by atoms with Gasteiger partial charge in [-0.3, -0.25) is 14.5 Å². The Balaban J connectivity index is 1.62. The van der Waals surface area contributed by atoms with Crippen LogP contribution >= 0.6 is 0 Å². The molecule has 2 saturated heterocycles. The minimum Gasteiger partial charge on any atom is -0.350 e. The first-order valence-corrected chi connectivity index (χ1v) is 9.41. The molecule has 1 N–H and O–H groups in total. The van der Waals surface area contributed by atoms with Crippen molar-refractivity contribution in [1.82, 2.24) is 10.2 Å². The van der Waals surface area contributed by atoms with E-state index in [1.807, 2.05) is 24.3 Å². The molecule has 0 bridgehead atoms. The van der Waals surface area contributed by atoms with Crippen LogP contribution in [0.2, 0.25) is 0 Å². The number of nitrogens with one attached hydrogen (secondary N) is 1. The number of carbonyl (C=O) groups excluding carboxylic acids is 2. The highest BCUT2D eigenvalue weighted by Crippen LogP contribution is 2.23. The summed E-state index contributed by atoms with van der Waals surface area (Å²) in [6, 6.07) is 7.39. The van der Waals surface area contributed by atoms with E-state index >= 15 is 0 Å². The van der Waals surface area contributed by atoms with Crippen molar-refractivity contribution in [3.05, 3.63) is 29.8 Å². The van der Waals surface area contributed by atoms with Crippen LogP contribution in [0.25, 0.3) is 0 Å². The Hall–Kier alpha value is -1.88. The van der Waals surface area contributed by atoms with Gasteiger partial charge in [-0.05, 0) is 64.4 Å². The van der Waals surface area contributed by atoms with Gasteiger partial charge in [0.2, 0.25) is 5.91 Å². The lowest BCUT2D eigenvalue weighted by molar-refractivity contribution is -0.117. The fourth-order valence-corrected chi connectivity index (χ4v) is 3.75. The molecule has 5 nitrogen and oxygen atoms in total. The summed E-state index contributed by atoms with van der Waals surface area (Å²) in [5.41, 5.74) is 1.40. The first-order chi connectivity index (χ1) is 12.0. The molecular weight excluding hydrogens is 314 g/mol. The summed E-state index contributed by atoms with van der Waals surface area (Å²) in [6.07, 6.45) is 5.27. The monoisotopic (exact) mass is 343 g/mol. The van der Waals surface area contributed by atoms with E-state index in [0.29, 0.717) is 18.5 Å². The molecule has 0 spiro atoms. The molecular formula is C20H29N3O2. The number of amides is 2. The van der Waals surface area contributed by atoms with Crippen LogP contribution in [0.5, 0.6) is 0 Å². The van der Waals surface area contributed by atoms with Gasteiger partial charge in [0.05, 0.1) is 0 Å². The molecule has 0 unspecified atom stereocenters. The van der Waals surface area contributed by atoms with Gasteiger partial charge < -0.3 is 10.2 Å². The van der Waals surface area contributed by atoms with Crippen molar-refractivity contribution in [2.45, 2.75) is 51.5 Å². The standard InChI is InChI=1S/C20H29N3O2/c1-20(2,22-11-4-3-5-12-22)15-21-19(25)16-8-6-9-17(14-16)23-13-7-10-18(23)24/h6,8-9,14H,3-5,7,10-13,15H2,1-2H3,(H,21,25). The predicted molar refractivity (Wildman–Crippen MR) is 99.9 cm³/mol. The summed E-state index contributed by atoms with van der Waals surface area (Å²) in [5.74, 6) is 0.0716. The molecule has 5 heteroatoms. The van der Waals surface area contributed by atoms with E-state index in [9.17, 15) is 9.59 Å². The SMILES string of the molecule is CC(C)(CNC(=O)c1cccc(N2CCCC2=O)c1)N1CCCCC1. The molecule has 2 heterocycles. The summed E-state index contributed by atoms with van der Waals surface area (Å²) in [4.78, 5) is 28.7. The first kappa shape index (κ1) is 17.9. The largest absolute Gasteiger partial charge is 0.350 e. The van der Waals surface area contributed by atoms with Gasteiger partial charge in [0.15, 0.2) is 0 Å². The van der Waals surface area contributed by atoms with E-state index < -0.39 is 0 Å². The van der Waals surface area contributed by atoms with E-state index in [-0.39, 0.29) is 17.4 Å². The van der Waals surface area contributed by atoms with E-state index in [1.165, 1.54) is 19.3 Å². The van der Waals surface area contributed by atoms with E-state index in [0.717, 1.165) is 31.7 Å². The molecule has 25 heavy (non-hydrogen) atoms. The number of piperidine rings is 1. The summed E-state index contributed by atoms with van der Waals surface area (Å²) < 4.78 is 0. The van der Waals surface area contributed by atoms with E-state index in [2.05, 4.69) is 24.1 Å². The van der Waals surface area contributed by atoms with Crippen LogP contribution in [0.3, 0.4) is 0 Å². The molecule has 0 atom stereocenters. The molecule has 0 aromatic heterocycles. The molecule has 2 fully saturated rings. The summed E-state index contributed by atoms with van der Waals surface area (Å²) in [5, 5.41) is 3.08. The van der Waals surface area contributed by atoms with Gasteiger partial charge in [0.25, 0.3) is 5.91 Å². The Morgan fingerprint density at radius 2 is 1.88 bits per heavy atom. The Labute approximate surface area is 150 Å². The molecule has 1 aromatic carbocycles. The van der Waals surface area contributed by atoms with Crippen LogP contribution < -0.4 is 10.2 Å². The highest BCUT2D eigenvalue weighted by Gasteiger charge is 2.28. The normalized spacial score (nSPS) is 19.3. The lowest BCUT2D eigenvalue weighted by atomic mass is 9.98. The van der Waals surface area contributed by atoms with Crippen LogP contribution in [0, 0.1) is 0 Å². The van der Waals surface area contributed by atoms with Crippen LogP contribution in [0.1, 0.15) is 56.3 Å². The number of carbonyl (C=O) groups is 2. The zero-order chi connectivity index (χ0) is 17.9. The number of likely N-dealkylation sites (tertiary alicyclic amines) is 1. The second-order valence-corrected chi connectivity index (χ2v) is 7.74. The molecule has 1 aromatic rings. The molecule has 0 saturated carbocycles. The zero-order valence-corrected chi connectivity index (χ0v) is 15.4. The average Bonchev–Trinajstić information content (AvgIpc) is 3.06. The third-order valence-corrected chi connectivity index (χ3v) is 5.39. The fourth-order valence-electron chi connectivity index (χ4n) is 3.75. The highest BCUT2D eigenvalue weighted by molar-refractivity contribution is 5.99. The lowest BCUT2D eigenvalue weighted by Crippen LogP contribution is -2.53. The van der Waals surface area contributed by atoms with Crippen molar-refractivity contribution in [2.75, 3.05) is 31.1 Å². The molecule has 3 rings (SSSR count). The topological polar surface area (TPSA) is 52.7 Å². The van der Waals surface area contributed by atoms with Gasteiger partial charge in [-0.25, -0.2) is 0 Å². The minimum atomic E-state index is -0.0708. The van der Waals surface area contributed by atoms with Gasteiger partial charge in [0.1, 0.15) is 0 Å². The summed E-state index contributed by atoms with van der Waals surface area (Å²) >= 11 is 0. The third kappa shape index (κ3) is 4.21. The van der Waals surface area contributed by atoms with Gasteiger partial charge in [-0.15, -0.1) is 0 Å². The van der Waals surface area contributed by atoms with E-state index in [4.69, 9.17) is 0 Å². The Bertz CT molecular complexity index is 636. The number of hydrogen-bond donors (Lipinski definition) is 1. The average molecular weight is 343 g/mol. The predicted octanol–water partition coefficient (Wildman–Crippen LogP) is 2.81. The van der Waals surface area contributed by atoms with Gasteiger partial charge >= 0.3 is 0 Å². The Morgan fingerprint density at radius 1 is 1.12 bits per heavy atom.